The summed E-state index contributed by atoms with van der Waals surface area (Å²) in [6, 6.07) is 11.4. The van der Waals surface area contributed by atoms with Gasteiger partial charge in [0.2, 0.25) is 17.6 Å². The van der Waals surface area contributed by atoms with Crippen LogP contribution in [0.5, 0.6) is 0 Å². The maximum Gasteiger partial charge on any atom is 0.249 e. The van der Waals surface area contributed by atoms with E-state index < -0.39 is 0 Å². The van der Waals surface area contributed by atoms with Crippen LogP contribution in [0.25, 0.3) is 11.4 Å². The lowest BCUT2D eigenvalue weighted by Crippen LogP contribution is -2.31. The maximum absolute atomic E-state index is 12.6. The van der Waals surface area contributed by atoms with Crippen molar-refractivity contribution < 1.29 is 9.32 Å². The summed E-state index contributed by atoms with van der Waals surface area (Å²) in [6.45, 7) is 1.31. The highest BCUT2D eigenvalue weighted by Crippen LogP contribution is 2.32. The molecule has 25 heavy (non-hydrogen) atoms. The first-order chi connectivity index (χ1) is 12.3. The molecule has 0 radical (unpaired) electrons. The molecule has 128 valence electrons. The fourth-order valence-electron chi connectivity index (χ4n) is 3.18. The quantitative estimate of drug-likeness (QED) is 0.715. The monoisotopic (exact) mass is 337 g/mol. The van der Waals surface area contributed by atoms with E-state index in [1.54, 1.807) is 10.9 Å². The molecule has 1 saturated heterocycles. The molecule has 0 spiro atoms. The van der Waals surface area contributed by atoms with Crippen LogP contribution in [-0.2, 0) is 11.3 Å². The molecule has 1 aliphatic rings. The van der Waals surface area contributed by atoms with Gasteiger partial charge in [0.05, 0.1) is 0 Å². The third-order valence-corrected chi connectivity index (χ3v) is 4.45. The summed E-state index contributed by atoms with van der Waals surface area (Å²) in [6.07, 6.45) is 5.79. The van der Waals surface area contributed by atoms with Gasteiger partial charge in [-0.1, -0.05) is 35.5 Å². The molecular formula is C18H19N5O2. The average Bonchev–Trinajstić information content (AvgIpc) is 3.41. The average molecular weight is 337 g/mol. The second-order valence-electron chi connectivity index (χ2n) is 6.09. The van der Waals surface area contributed by atoms with E-state index in [2.05, 4.69) is 15.2 Å². The number of rotatable bonds is 5. The molecule has 0 aliphatic carbocycles. The summed E-state index contributed by atoms with van der Waals surface area (Å²) >= 11 is 0. The van der Waals surface area contributed by atoms with Gasteiger partial charge >= 0.3 is 0 Å². The van der Waals surface area contributed by atoms with Crippen molar-refractivity contribution in [3.63, 3.8) is 0 Å². The molecule has 0 N–H and O–H groups in total. The van der Waals surface area contributed by atoms with E-state index in [0.29, 0.717) is 24.7 Å². The smallest absolute Gasteiger partial charge is 0.249 e. The van der Waals surface area contributed by atoms with Crippen molar-refractivity contribution in [3.05, 3.63) is 54.7 Å². The molecule has 2 aromatic heterocycles. The molecule has 0 unspecified atom stereocenters. The zero-order valence-electron chi connectivity index (χ0n) is 13.8. The molecular weight excluding hydrogens is 318 g/mol. The number of hydrogen-bond acceptors (Lipinski definition) is 5. The Morgan fingerprint density at radius 3 is 2.92 bits per heavy atom. The van der Waals surface area contributed by atoms with Crippen LogP contribution in [0.1, 0.15) is 31.2 Å². The number of likely N-dealkylation sites (tertiary alicyclic amines) is 1. The third-order valence-electron chi connectivity index (χ3n) is 4.45. The molecule has 1 aromatic carbocycles. The Bertz CT molecular complexity index is 828. The zero-order valence-corrected chi connectivity index (χ0v) is 13.8. The Morgan fingerprint density at radius 2 is 2.12 bits per heavy atom. The maximum atomic E-state index is 12.6. The van der Waals surface area contributed by atoms with Gasteiger partial charge in [0.15, 0.2) is 0 Å². The first kappa shape index (κ1) is 15.6. The Kier molecular flexibility index (Phi) is 4.28. The largest absolute Gasteiger partial charge is 0.337 e. The van der Waals surface area contributed by atoms with Crippen molar-refractivity contribution in [1.82, 2.24) is 24.8 Å². The zero-order chi connectivity index (χ0) is 17.1. The molecule has 0 saturated carbocycles. The number of nitrogens with zero attached hydrogens (tertiary/aromatic N) is 5. The van der Waals surface area contributed by atoms with Gasteiger partial charge in [0.25, 0.3) is 0 Å². The predicted octanol–water partition coefficient (Wildman–Crippen LogP) is 2.69. The van der Waals surface area contributed by atoms with Crippen molar-refractivity contribution in [3.8, 4) is 11.4 Å². The lowest BCUT2D eigenvalue weighted by atomic mass is 10.2. The van der Waals surface area contributed by atoms with E-state index in [1.807, 2.05) is 47.5 Å². The Balaban J connectivity index is 1.46. The van der Waals surface area contributed by atoms with Crippen LogP contribution in [0.4, 0.5) is 0 Å². The lowest BCUT2D eigenvalue weighted by molar-refractivity contribution is -0.132. The molecule has 1 amide bonds. The Hall–Kier alpha value is -2.96. The molecule has 3 heterocycles. The summed E-state index contributed by atoms with van der Waals surface area (Å²) in [5, 5.41) is 8.21. The van der Waals surface area contributed by atoms with Crippen molar-refractivity contribution in [1.29, 1.82) is 0 Å². The minimum Gasteiger partial charge on any atom is -0.337 e. The van der Waals surface area contributed by atoms with Crippen LogP contribution in [0.3, 0.4) is 0 Å². The number of aromatic nitrogens is 4. The van der Waals surface area contributed by atoms with Crippen molar-refractivity contribution in [2.24, 2.45) is 0 Å². The minimum absolute atomic E-state index is 0.0949. The number of carbonyl (C=O) groups is 1. The van der Waals surface area contributed by atoms with Crippen molar-refractivity contribution >= 4 is 5.91 Å². The highest BCUT2D eigenvalue weighted by atomic mass is 16.5. The van der Waals surface area contributed by atoms with Crippen LogP contribution < -0.4 is 0 Å². The van der Waals surface area contributed by atoms with E-state index in [1.165, 1.54) is 0 Å². The van der Waals surface area contributed by atoms with Crippen LogP contribution in [0, 0.1) is 0 Å². The number of benzene rings is 1. The summed E-state index contributed by atoms with van der Waals surface area (Å²) in [5.74, 6) is 1.17. The molecule has 7 nitrogen and oxygen atoms in total. The summed E-state index contributed by atoms with van der Waals surface area (Å²) in [4.78, 5) is 19.0. The second kappa shape index (κ2) is 6.88. The second-order valence-corrected chi connectivity index (χ2v) is 6.09. The third kappa shape index (κ3) is 3.31. The van der Waals surface area contributed by atoms with Crippen LogP contribution in [0.2, 0.25) is 0 Å². The highest BCUT2D eigenvalue weighted by molar-refractivity contribution is 5.76. The van der Waals surface area contributed by atoms with Crippen molar-refractivity contribution in [2.45, 2.75) is 31.8 Å². The van der Waals surface area contributed by atoms with Crippen molar-refractivity contribution in [2.75, 3.05) is 6.54 Å². The van der Waals surface area contributed by atoms with Gasteiger partial charge in [-0.15, -0.1) is 0 Å². The standard InChI is InChI=1S/C18H19N5O2/c24-16(9-13-22-11-5-10-19-22)23-12-4-8-15(23)18-20-17(21-25-18)14-6-2-1-3-7-14/h1-3,5-7,10-11,15H,4,8-9,12-13H2/t15-/m1/s1. The van der Waals surface area contributed by atoms with Gasteiger partial charge in [-0.3, -0.25) is 9.48 Å². The van der Waals surface area contributed by atoms with Gasteiger partial charge in [-0.25, -0.2) is 0 Å². The van der Waals surface area contributed by atoms with Crippen LogP contribution in [-0.4, -0.2) is 37.3 Å². The van der Waals surface area contributed by atoms with Gasteiger partial charge in [-0.05, 0) is 18.9 Å². The number of hydrogen-bond donors (Lipinski definition) is 0. The normalized spacial score (nSPS) is 17.1. The van der Waals surface area contributed by atoms with E-state index in [-0.39, 0.29) is 11.9 Å². The SMILES string of the molecule is O=C(CCn1cccn1)N1CCC[C@@H]1c1nc(-c2ccccc2)no1. The fraction of sp³-hybridized carbons (Fsp3) is 0.333. The van der Waals surface area contributed by atoms with E-state index in [0.717, 1.165) is 24.9 Å². The van der Waals surface area contributed by atoms with E-state index >= 15 is 0 Å². The number of aryl methyl sites for hydroxylation is 1. The Labute approximate surface area is 145 Å². The lowest BCUT2D eigenvalue weighted by Gasteiger charge is -2.21. The molecule has 1 aliphatic heterocycles. The van der Waals surface area contributed by atoms with Gasteiger partial charge in [0.1, 0.15) is 6.04 Å². The molecule has 0 bridgehead atoms. The summed E-state index contributed by atoms with van der Waals surface area (Å²) in [5.41, 5.74) is 0.909. The molecule has 1 fully saturated rings. The number of amides is 1. The van der Waals surface area contributed by atoms with E-state index in [9.17, 15) is 4.79 Å². The predicted molar refractivity (Wildman–Crippen MR) is 90.3 cm³/mol. The van der Waals surface area contributed by atoms with Gasteiger partial charge in [0, 0.05) is 37.5 Å². The van der Waals surface area contributed by atoms with Crippen LogP contribution in [0.15, 0.2) is 53.3 Å². The van der Waals surface area contributed by atoms with Gasteiger partial charge < -0.3 is 9.42 Å². The minimum atomic E-state index is -0.130. The first-order valence-corrected chi connectivity index (χ1v) is 8.47. The van der Waals surface area contributed by atoms with Crippen LogP contribution >= 0.6 is 0 Å². The summed E-state index contributed by atoms with van der Waals surface area (Å²) < 4.78 is 7.23. The Morgan fingerprint density at radius 1 is 1.24 bits per heavy atom. The topological polar surface area (TPSA) is 77.1 Å². The van der Waals surface area contributed by atoms with E-state index in [4.69, 9.17) is 4.52 Å². The molecule has 3 aromatic rings. The first-order valence-electron chi connectivity index (χ1n) is 8.47. The number of carbonyl (C=O) groups excluding carboxylic acids is 1. The molecule has 4 rings (SSSR count). The molecule has 1 atom stereocenters. The molecule has 7 heteroatoms. The summed E-state index contributed by atoms with van der Waals surface area (Å²) in [7, 11) is 0. The fourth-order valence-corrected chi connectivity index (χ4v) is 3.18. The van der Waals surface area contributed by atoms with Gasteiger partial charge in [-0.2, -0.15) is 10.1 Å². The highest BCUT2D eigenvalue weighted by Gasteiger charge is 2.33.